The summed E-state index contributed by atoms with van der Waals surface area (Å²) in [5, 5.41) is 2.04. The van der Waals surface area contributed by atoms with Gasteiger partial charge in [-0.15, -0.1) is 0 Å². The van der Waals surface area contributed by atoms with Gasteiger partial charge in [0.1, 0.15) is 0 Å². The van der Waals surface area contributed by atoms with Crippen LogP contribution in [0.15, 0.2) is 54.3 Å². The molecular formula is C21H26F2OSi. The van der Waals surface area contributed by atoms with Crippen molar-refractivity contribution in [3.63, 3.8) is 0 Å². The van der Waals surface area contributed by atoms with E-state index in [2.05, 4.69) is 33.9 Å². The van der Waals surface area contributed by atoms with E-state index in [4.69, 9.17) is 4.43 Å². The molecular weight excluding hydrogens is 334 g/mol. The van der Waals surface area contributed by atoms with Gasteiger partial charge < -0.3 is 4.43 Å². The second kappa shape index (κ2) is 5.94. The van der Waals surface area contributed by atoms with Crippen LogP contribution >= 0.6 is 0 Å². The van der Waals surface area contributed by atoms with Crippen LogP contribution in [0.2, 0.25) is 18.1 Å². The van der Waals surface area contributed by atoms with Crippen LogP contribution in [-0.2, 0) is 4.43 Å². The van der Waals surface area contributed by atoms with E-state index >= 15 is 0 Å². The predicted octanol–water partition coefficient (Wildman–Crippen LogP) is 6.87. The molecule has 0 heterocycles. The van der Waals surface area contributed by atoms with Crippen molar-refractivity contribution in [3.05, 3.63) is 59.9 Å². The van der Waals surface area contributed by atoms with Crippen molar-refractivity contribution in [1.29, 1.82) is 0 Å². The Morgan fingerprint density at radius 1 is 1.04 bits per heavy atom. The Bertz CT molecular complexity index is 818. The maximum Gasteiger partial charge on any atom is 0.265 e. The minimum absolute atomic E-state index is 0.00976. The van der Waals surface area contributed by atoms with Crippen LogP contribution in [0.4, 0.5) is 8.78 Å². The quantitative estimate of drug-likeness (QED) is 0.543. The normalized spacial score (nSPS) is 20.6. The lowest BCUT2D eigenvalue weighted by Gasteiger charge is -2.37. The lowest BCUT2D eigenvalue weighted by molar-refractivity contribution is -0.00781. The van der Waals surface area contributed by atoms with Crippen LogP contribution < -0.4 is 0 Å². The minimum Gasteiger partial charge on any atom is -0.547 e. The lowest BCUT2D eigenvalue weighted by Crippen LogP contribution is -2.40. The van der Waals surface area contributed by atoms with E-state index in [0.29, 0.717) is 11.3 Å². The summed E-state index contributed by atoms with van der Waals surface area (Å²) in [5.74, 6) is -3.27. The summed E-state index contributed by atoms with van der Waals surface area (Å²) < 4.78 is 35.6. The summed E-state index contributed by atoms with van der Waals surface area (Å²) in [7, 11) is -2.11. The van der Waals surface area contributed by atoms with Gasteiger partial charge >= 0.3 is 0 Å². The molecule has 1 nitrogen and oxygen atoms in total. The van der Waals surface area contributed by atoms with Crippen LogP contribution in [0.25, 0.3) is 10.8 Å². The van der Waals surface area contributed by atoms with E-state index in [0.717, 1.165) is 10.8 Å². The van der Waals surface area contributed by atoms with Gasteiger partial charge in [0.25, 0.3) is 5.92 Å². The Kier molecular flexibility index (Phi) is 4.31. The molecule has 1 aliphatic carbocycles. The molecule has 0 radical (unpaired) electrons. The third-order valence-corrected chi connectivity index (χ3v) is 9.93. The average Bonchev–Trinajstić information content (AvgIpc) is 2.79. The highest BCUT2D eigenvalue weighted by molar-refractivity contribution is 6.74. The first kappa shape index (κ1) is 18.1. The van der Waals surface area contributed by atoms with Crippen LogP contribution in [-0.4, -0.2) is 14.2 Å². The maximum absolute atomic E-state index is 14.7. The fraction of sp³-hybridized carbons (Fsp3) is 0.429. The molecule has 2 aromatic rings. The first-order valence-corrected chi connectivity index (χ1v) is 11.7. The summed E-state index contributed by atoms with van der Waals surface area (Å²) in [4.78, 5) is 0. The molecule has 0 N–H and O–H groups in total. The second-order valence-corrected chi connectivity index (χ2v) is 13.2. The molecule has 1 unspecified atom stereocenters. The Morgan fingerprint density at radius 3 is 2.32 bits per heavy atom. The summed E-state index contributed by atoms with van der Waals surface area (Å²) in [6.45, 7) is 10.5. The van der Waals surface area contributed by atoms with Gasteiger partial charge in [-0.1, -0.05) is 63.2 Å². The molecule has 4 heteroatoms. The summed E-state index contributed by atoms with van der Waals surface area (Å²) >= 11 is 0. The van der Waals surface area contributed by atoms with E-state index in [-0.39, 0.29) is 11.5 Å². The summed E-state index contributed by atoms with van der Waals surface area (Å²) in [6, 6.07) is 13.4. The Labute approximate surface area is 149 Å². The molecule has 134 valence electrons. The zero-order valence-corrected chi connectivity index (χ0v) is 16.6. The third kappa shape index (κ3) is 3.50. The minimum atomic E-state index is -2.81. The van der Waals surface area contributed by atoms with Crippen molar-refractivity contribution >= 4 is 19.1 Å². The van der Waals surface area contributed by atoms with Gasteiger partial charge in [0, 0.05) is 0 Å². The highest BCUT2D eigenvalue weighted by Gasteiger charge is 2.48. The van der Waals surface area contributed by atoms with Crippen molar-refractivity contribution in [3.8, 4) is 0 Å². The van der Waals surface area contributed by atoms with Gasteiger partial charge in [-0.25, -0.2) is 8.78 Å². The number of allylic oxidation sites excluding steroid dienone is 2. The predicted molar refractivity (Wildman–Crippen MR) is 103 cm³/mol. The smallest absolute Gasteiger partial charge is 0.265 e. The Hall–Kier alpha value is -1.68. The molecule has 1 aliphatic rings. The van der Waals surface area contributed by atoms with Crippen LogP contribution in [0.3, 0.4) is 0 Å². The number of benzene rings is 2. The standard InChI is InChI=1S/C21H26F2OSi/c1-20(2,3)25(4,5)24-18-13-19(21(22,23)14-18)17-11-10-15-8-6-7-9-16(15)12-17/h6-13,19H,14H2,1-5H3. The van der Waals surface area contributed by atoms with Gasteiger partial charge in [0.05, 0.1) is 18.1 Å². The van der Waals surface area contributed by atoms with Gasteiger partial charge in [-0.2, -0.15) is 0 Å². The molecule has 2 aromatic carbocycles. The van der Waals surface area contributed by atoms with Gasteiger partial charge in [-0.3, -0.25) is 0 Å². The molecule has 3 rings (SSSR count). The monoisotopic (exact) mass is 360 g/mol. The first-order valence-electron chi connectivity index (χ1n) is 8.76. The number of rotatable bonds is 3. The summed E-state index contributed by atoms with van der Waals surface area (Å²) in [6.07, 6.45) is 1.33. The first-order chi connectivity index (χ1) is 11.5. The lowest BCUT2D eigenvalue weighted by atomic mass is 9.93. The van der Waals surface area contributed by atoms with E-state index < -0.39 is 20.2 Å². The van der Waals surface area contributed by atoms with E-state index in [1.54, 1.807) is 6.08 Å². The van der Waals surface area contributed by atoms with Crippen LogP contribution in [0.5, 0.6) is 0 Å². The SMILES string of the molecule is CC(C)(C)[Si](C)(C)OC1=CC(c2ccc3ccccc3c2)C(F)(F)C1. The van der Waals surface area contributed by atoms with Crippen molar-refractivity contribution in [2.75, 3.05) is 0 Å². The molecule has 0 fully saturated rings. The molecule has 1 atom stereocenters. The molecule has 0 aliphatic heterocycles. The third-order valence-electron chi connectivity index (χ3n) is 5.54. The number of hydrogen-bond donors (Lipinski definition) is 0. The van der Waals surface area contributed by atoms with E-state index in [1.807, 2.05) is 42.5 Å². The van der Waals surface area contributed by atoms with Crippen molar-refractivity contribution in [2.45, 2.75) is 57.2 Å². The second-order valence-electron chi connectivity index (χ2n) is 8.52. The van der Waals surface area contributed by atoms with Gasteiger partial charge in [0.2, 0.25) is 8.32 Å². The zero-order chi connectivity index (χ0) is 18.5. The molecule has 0 bridgehead atoms. The molecule has 0 saturated heterocycles. The maximum atomic E-state index is 14.7. The number of alkyl halides is 2. The fourth-order valence-corrected chi connectivity index (χ4v) is 4.10. The molecule has 0 saturated carbocycles. The van der Waals surface area contributed by atoms with E-state index in [1.165, 1.54) is 0 Å². The number of fused-ring (bicyclic) bond motifs is 1. The van der Waals surface area contributed by atoms with Crippen molar-refractivity contribution < 1.29 is 13.2 Å². The molecule has 25 heavy (non-hydrogen) atoms. The van der Waals surface area contributed by atoms with Crippen LogP contribution in [0, 0.1) is 0 Å². The topological polar surface area (TPSA) is 9.23 Å². The van der Waals surface area contributed by atoms with Crippen molar-refractivity contribution in [1.82, 2.24) is 0 Å². The number of hydrogen-bond acceptors (Lipinski definition) is 1. The largest absolute Gasteiger partial charge is 0.547 e. The van der Waals surface area contributed by atoms with Crippen LogP contribution in [0.1, 0.15) is 38.7 Å². The fourth-order valence-electron chi connectivity index (χ4n) is 3.00. The van der Waals surface area contributed by atoms with Gasteiger partial charge in [-0.05, 0) is 40.5 Å². The molecule has 0 amide bonds. The zero-order valence-electron chi connectivity index (χ0n) is 15.6. The van der Waals surface area contributed by atoms with Crippen molar-refractivity contribution in [2.24, 2.45) is 0 Å². The summed E-state index contributed by atoms with van der Waals surface area (Å²) in [5.41, 5.74) is 0.650. The highest BCUT2D eigenvalue weighted by atomic mass is 28.4. The molecule has 0 spiro atoms. The Morgan fingerprint density at radius 2 is 1.68 bits per heavy atom. The Balaban J connectivity index is 1.93. The van der Waals surface area contributed by atoms with Gasteiger partial charge in [0.15, 0.2) is 0 Å². The highest BCUT2D eigenvalue weighted by Crippen LogP contribution is 2.48. The average molecular weight is 361 g/mol. The van der Waals surface area contributed by atoms with E-state index in [9.17, 15) is 8.78 Å². The number of halogens is 2. The molecule has 0 aromatic heterocycles.